The standard InChI is InChI=1S/C36H50N2O12/c1-6-7-8-9-10-16-29(42)46-21-14-12-15-26-31(47-26)33-34(50-35(44)37-25(4)40)32-27(48-32)19-18-23(2)22-28(41)38-36(45-5,24(3)39)20-13-11-17-30(43)49-33/h11-13,15,17,20,22,26-27,31-34H,6-10,14,16,18-19,21H2,1-5H3,(H,38,41)(H,37,40,44). The summed E-state index contributed by atoms with van der Waals surface area (Å²) in [4.78, 5) is 74.5. The van der Waals surface area contributed by atoms with Crippen molar-refractivity contribution in [3.8, 4) is 0 Å². The third kappa shape index (κ3) is 13.3. The molecule has 0 aromatic carbocycles. The lowest BCUT2D eigenvalue weighted by Crippen LogP contribution is -2.53. The Morgan fingerprint density at radius 2 is 1.80 bits per heavy atom. The van der Waals surface area contributed by atoms with Crippen LogP contribution >= 0.6 is 0 Å². The fraction of sp³-hybridized carbons (Fsp3) is 0.611. The Morgan fingerprint density at radius 1 is 1.04 bits per heavy atom. The van der Waals surface area contributed by atoms with E-state index in [1.165, 1.54) is 38.3 Å². The van der Waals surface area contributed by atoms with Gasteiger partial charge in [-0.15, -0.1) is 0 Å². The maximum absolute atomic E-state index is 13.1. The van der Waals surface area contributed by atoms with Gasteiger partial charge in [0, 0.05) is 32.6 Å². The van der Waals surface area contributed by atoms with Crippen LogP contribution in [0.15, 0.2) is 48.1 Å². The first-order valence-corrected chi connectivity index (χ1v) is 17.1. The van der Waals surface area contributed by atoms with Crippen LogP contribution in [-0.2, 0) is 52.4 Å². The van der Waals surface area contributed by atoms with E-state index in [0.717, 1.165) is 45.1 Å². The van der Waals surface area contributed by atoms with Gasteiger partial charge in [-0.25, -0.2) is 9.59 Å². The van der Waals surface area contributed by atoms with E-state index in [0.29, 0.717) is 31.3 Å². The van der Waals surface area contributed by atoms with E-state index in [1.54, 1.807) is 19.1 Å². The number of ketones is 1. The van der Waals surface area contributed by atoms with Crippen LogP contribution in [0.2, 0.25) is 0 Å². The van der Waals surface area contributed by atoms with Crippen molar-refractivity contribution in [2.45, 2.75) is 128 Å². The molecule has 0 radical (unpaired) electrons. The zero-order valence-electron chi connectivity index (χ0n) is 29.5. The molecule has 3 aliphatic rings. The number of fused-ring (bicyclic) bond motifs is 1. The van der Waals surface area contributed by atoms with Gasteiger partial charge < -0.3 is 33.7 Å². The number of cyclic esters (lactones) is 1. The molecule has 2 N–H and O–H groups in total. The van der Waals surface area contributed by atoms with Crippen molar-refractivity contribution in [1.82, 2.24) is 10.6 Å². The summed E-state index contributed by atoms with van der Waals surface area (Å²) in [6.45, 7) is 6.49. The van der Waals surface area contributed by atoms with Gasteiger partial charge in [-0.1, -0.05) is 62.5 Å². The lowest BCUT2D eigenvalue weighted by molar-refractivity contribution is -0.151. The summed E-state index contributed by atoms with van der Waals surface area (Å²) < 4.78 is 33.8. The molecule has 2 saturated heterocycles. The van der Waals surface area contributed by atoms with E-state index in [4.69, 9.17) is 28.4 Å². The Kier molecular flexibility index (Phi) is 16.0. The van der Waals surface area contributed by atoms with Crippen molar-refractivity contribution in [1.29, 1.82) is 0 Å². The molecule has 0 aromatic rings. The zero-order valence-corrected chi connectivity index (χ0v) is 29.5. The molecule has 7 unspecified atom stereocenters. The number of nitrogens with one attached hydrogen (secondary N) is 2. The molecule has 3 heterocycles. The summed E-state index contributed by atoms with van der Waals surface area (Å²) in [6, 6.07) is 0. The van der Waals surface area contributed by atoms with Gasteiger partial charge in [0.2, 0.25) is 17.5 Å². The quantitative estimate of drug-likeness (QED) is 0.0877. The number of ether oxygens (including phenoxy) is 6. The maximum atomic E-state index is 13.1. The Balaban J connectivity index is 1.76. The Hall–Kier alpha value is -4.14. The molecule has 0 spiro atoms. The third-order valence-corrected chi connectivity index (χ3v) is 8.31. The van der Waals surface area contributed by atoms with Crippen LogP contribution < -0.4 is 10.6 Å². The summed E-state index contributed by atoms with van der Waals surface area (Å²) in [5.41, 5.74) is -1.10. The van der Waals surface area contributed by atoms with Crippen LogP contribution in [0.4, 0.5) is 4.79 Å². The van der Waals surface area contributed by atoms with Crippen LogP contribution in [-0.4, -0.2) is 91.7 Å². The summed E-state index contributed by atoms with van der Waals surface area (Å²) in [5, 5.41) is 4.63. The third-order valence-electron chi connectivity index (χ3n) is 8.31. The lowest BCUT2D eigenvalue weighted by Gasteiger charge is -2.27. The minimum atomic E-state index is -1.78. The van der Waals surface area contributed by atoms with E-state index in [2.05, 4.69) is 17.6 Å². The number of amides is 3. The molecular formula is C36H50N2O12. The number of unbranched alkanes of at least 4 members (excludes halogenated alkanes) is 4. The molecule has 14 nitrogen and oxygen atoms in total. The van der Waals surface area contributed by atoms with Crippen LogP contribution in [0.1, 0.15) is 85.5 Å². The van der Waals surface area contributed by atoms with E-state index >= 15 is 0 Å². The number of methoxy groups -OCH3 is 1. The number of esters is 2. The average molecular weight is 703 g/mol. The number of epoxide rings is 2. The maximum Gasteiger partial charge on any atom is 0.414 e. The van der Waals surface area contributed by atoms with Gasteiger partial charge in [0.05, 0.1) is 12.7 Å². The van der Waals surface area contributed by atoms with E-state index in [9.17, 15) is 28.8 Å². The first-order chi connectivity index (χ1) is 23.9. The molecule has 3 amide bonds. The smallest absolute Gasteiger partial charge is 0.414 e. The topological polar surface area (TPSA) is 188 Å². The number of rotatable bonds is 14. The minimum absolute atomic E-state index is 0.204. The van der Waals surface area contributed by atoms with E-state index in [1.807, 2.05) is 0 Å². The molecule has 2 fully saturated rings. The first-order valence-electron chi connectivity index (χ1n) is 17.1. The number of hydrogen-bond acceptors (Lipinski definition) is 12. The molecule has 3 rings (SSSR count). The van der Waals surface area contributed by atoms with Crippen LogP contribution in [0, 0.1) is 0 Å². The Labute approximate surface area is 292 Å². The van der Waals surface area contributed by atoms with Gasteiger partial charge in [-0.3, -0.25) is 24.5 Å². The van der Waals surface area contributed by atoms with Gasteiger partial charge in [-0.05, 0) is 45.6 Å². The number of imide groups is 1. The van der Waals surface area contributed by atoms with Crippen LogP contribution in [0.25, 0.3) is 0 Å². The molecule has 0 bridgehead atoms. The SMILES string of the molecule is CCCCCCCC(=O)OCCC=CC1OC1C1OC(=O)C=CC=CC(OC)(C(C)=O)NC(=O)C=C(C)CCC2OC2C1OC(=O)NC(C)=O. The first kappa shape index (κ1) is 40.3. The highest BCUT2D eigenvalue weighted by Gasteiger charge is 2.58. The highest BCUT2D eigenvalue weighted by atomic mass is 16.7. The predicted octanol–water partition coefficient (Wildman–Crippen LogP) is 3.82. The molecule has 3 aliphatic heterocycles. The zero-order chi connectivity index (χ0) is 36.7. The van der Waals surface area contributed by atoms with Gasteiger partial charge in [0.1, 0.15) is 18.3 Å². The predicted molar refractivity (Wildman–Crippen MR) is 179 cm³/mol. The highest BCUT2D eigenvalue weighted by molar-refractivity contribution is 5.96. The number of alkyl carbamates (subject to hydrolysis) is 1. The number of carbonyl (C=O) groups is 6. The fourth-order valence-electron chi connectivity index (χ4n) is 5.48. The van der Waals surface area contributed by atoms with Crippen molar-refractivity contribution >= 4 is 35.6 Å². The normalized spacial score (nSPS) is 28.4. The molecule has 14 heteroatoms. The van der Waals surface area contributed by atoms with Gasteiger partial charge >= 0.3 is 18.0 Å². The molecule has 276 valence electrons. The molecule has 0 aromatic heterocycles. The second-order valence-corrected chi connectivity index (χ2v) is 12.5. The number of Topliss-reactive ketones (excluding diaryl/α,β-unsaturated/α-hetero) is 1. The fourth-order valence-corrected chi connectivity index (χ4v) is 5.48. The van der Waals surface area contributed by atoms with Gasteiger partial charge in [-0.2, -0.15) is 0 Å². The summed E-state index contributed by atoms with van der Waals surface area (Å²) in [6.07, 6.45) is 11.0. The average Bonchev–Trinajstić information content (AvgIpc) is 3.98. The second kappa shape index (κ2) is 19.9. The van der Waals surface area contributed by atoms with Crippen LogP contribution in [0.5, 0.6) is 0 Å². The monoisotopic (exact) mass is 702 g/mol. The van der Waals surface area contributed by atoms with Gasteiger partial charge in [0.15, 0.2) is 18.0 Å². The van der Waals surface area contributed by atoms with E-state index in [-0.39, 0.29) is 12.6 Å². The van der Waals surface area contributed by atoms with E-state index < -0.39 is 72.0 Å². The van der Waals surface area contributed by atoms with Gasteiger partial charge in [0.25, 0.3) is 0 Å². The number of allylic oxidation sites excluding steroid dienone is 3. The second-order valence-electron chi connectivity index (χ2n) is 12.5. The van der Waals surface area contributed by atoms with Crippen molar-refractivity contribution < 1.29 is 57.2 Å². The molecule has 0 saturated carbocycles. The highest BCUT2D eigenvalue weighted by Crippen LogP contribution is 2.39. The molecule has 0 aliphatic carbocycles. The Bertz CT molecular complexity index is 1350. The van der Waals surface area contributed by atoms with Crippen molar-refractivity contribution in [3.05, 3.63) is 48.1 Å². The molecule has 50 heavy (non-hydrogen) atoms. The summed E-state index contributed by atoms with van der Waals surface area (Å²) in [5.74, 6) is -2.77. The lowest BCUT2D eigenvalue weighted by atomic mass is 10.00. The van der Waals surface area contributed by atoms with Crippen LogP contribution in [0.3, 0.4) is 0 Å². The van der Waals surface area contributed by atoms with Crippen molar-refractivity contribution in [2.75, 3.05) is 13.7 Å². The summed E-state index contributed by atoms with van der Waals surface area (Å²) >= 11 is 0. The minimum Gasteiger partial charge on any atom is -0.465 e. The number of hydrogen-bond donors (Lipinski definition) is 2. The summed E-state index contributed by atoms with van der Waals surface area (Å²) in [7, 11) is 1.27. The molecule has 7 atom stereocenters. The van der Waals surface area contributed by atoms with Crippen molar-refractivity contribution in [3.63, 3.8) is 0 Å². The van der Waals surface area contributed by atoms with Crippen molar-refractivity contribution in [2.24, 2.45) is 0 Å². The Morgan fingerprint density at radius 3 is 2.50 bits per heavy atom. The number of carbonyl (C=O) groups excluding carboxylic acids is 6. The molecular weight excluding hydrogens is 652 g/mol. The largest absolute Gasteiger partial charge is 0.465 e.